The third-order valence-electron chi connectivity index (χ3n) is 4.32. The van der Waals surface area contributed by atoms with Crippen LogP contribution >= 0.6 is 11.6 Å². The molecule has 0 bridgehead atoms. The molecule has 1 aliphatic carbocycles. The normalized spacial score (nSPS) is 18.3. The van der Waals surface area contributed by atoms with Gasteiger partial charge in [0, 0.05) is 23.7 Å². The van der Waals surface area contributed by atoms with Crippen LogP contribution in [0.5, 0.6) is 5.75 Å². The van der Waals surface area contributed by atoms with Gasteiger partial charge in [0.15, 0.2) is 0 Å². The third kappa shape index (κ3) is 4.58. The summed E-state index contributed by atoms with van der Waals surface area (Å²) in [6, 6.07) is 7.16. The molecule has 1 fully saturated rings. The molecule has 2 N–H and O–H groups in total. The van der Waals surface area contributed by atoms with E-state index in [2.05, 4.69) is 24.3 Å². The van der Waals surface area contributed by atoms with Crippen molar-refractivity contribution in [2.45, 2.75) is 30.9 Å². The van der Waals surface area contributed by atoms with E-state index in [4.69, 9.17) is 16.3 Å². The molecule has 1 unspecified atom stereocenters. The van der Waals surface area contributed by atoms with Crippen LogP contribution in [-0.2, 0) is 0 Å². The van der Waals surface area contributed by atoms with E-state index in [1.54, 1.807) is 24.3 Å². The Morgan fingerprint density at radius 2 is 2.00 bits per heavy atom. The average molecular weight is 313 g/mol. The van der Waals surface area contributed by atoms with Crippen LogP contribution < -0.4 is 10.1 Å². The van der Waals surface area contributed by atoms with Crippen LogP contribution in [0.2, 0.25) is 5.02 Å². The lowest BCUT2D eigenvalue weighted by Crippen LogP contribution is -2.57. The second kappa shape index (κ2) is 7.45. The molecule has 0 heterocycles. The first-order chi connectivity index (χ1) is 10.0. The maximum Gasteiger partial charge on any atom is 0.119 e. The van der Waals surface area contributed by atoms with Gasteiger partial charge in [-0.3, -0.25) is 0 Å². The number of nitrogens with zero attached hydrogens (tertiary/aromatic N) is 1. The monoisotopic (exact) mass is 312 g/mol. The van der Waals surface area contributed by atoms with Crippen molar-refractivity contribution in [2.24, 2.45) is 0 Å². The van der Waals surface area contributed by atoms with E-state index >= 15 is 0 Å². The quantitative estimate of drug-likeness (QED) is 0.772. The fourth-order valence-electron chi connectivity index (χ4n) is 2.62. The minimum absolute atomic E-state index is 0.275. The van der Waals surface area contributed by atoms with E-state index in [9.17, 15) is 5.11 Å². The van der Waals surface area contributed by atoms with E-state index in [0.717, 1.165) is 12.3 Å². The van der Waals surface area contributed by atoms with Crippen molar-refractivity contribution in [3.8, 4) is 5.75 Å². The molecule has 4 nitrogen and oxygen atoms in total. The average Bonchev–Trinajstić information content (AvgIpc) is 2.40. The minimum atomic E-state index is -0.514. The standard InChI is InChI=1S/C16H25ClN2O2/c1-19(2)16(8-3-9-16)12-18-10-14(20)11-21-15-6-4-13(17)5-7-15/h4-7,14,18,20H,3,8-12H2,1-2H3. The van der Waals surface area contributed by atoms with Gasteiger partial charge in [-0.15, -0.1) is 0 Å². The van der Waals surface area contributed by atoms with Gasteiger partial charge in [-0.1, -0.05) is 11.6 Å². The number of likely N-dealkylation sites (N-methyl/N-ethyl adjacent to an activating group) is 1. The Kier molecular flexibility index (Phi) is 5.88. The second-order valence-electron chi connectivity index (χ2n) is 6.02. The smallest absolute Gasteiger partial charge is 0.119 e. The van der Waals surface area contributed by atoms with E-state index in [1.807, 2.05) is 0 Å². The van der Waals surface area contributed by atoms with Crippen molar-refractivity contribution in [2.75, 3.05) is 33.8 Å². The molecule has 0 aromatic heterocycles. The van der Waals surface area contributed by atoms with Gasteiger partial charge in [0.1, 0.15) is 18.5 Å². The maximum atomic E-state index is 9.96. The van der Waals surface area contributed by atoms with Crippen molar-refractivity contribution in [1.82, 2.24) is 10.2 Å². The van der Waals surface area contributed by atoms with Crippen molar-refractivity contribution in [1.29, 1.82) is 0 Å². The summed E-state index contributed by atoms with van der Waals surface area (Å²) >= 11 is 5.81. The number of benzene rings is 1. The zero-order chi connectivity index (χ0) is 15.3. The number of aliphatic hydroxyl groups is 1. The van der Waals surface area contributed by atoms with Crippen LogP contribution in [0.1, 0.15) is 19.3 Å². The Morgan fingerprint density at radius 1 is 1.33 bits per heavy atom. The summed E-state index contributed by atoms with van der Waals surface area (Å²) in [7, 11) is 4.25. The molecule has 1 atom stereocenters. The van der Waals surface area contributed by atoms with Crippen molar-refractivity contribution >= 4 is 11.6 Å². The number of hydrogen-bond acceptors (Lipinski definition) is 4. The van der Waals surface area contributed by atoms with E-state index in [0.29, 0.717) is 11.6 Å². The molecule has 0 amide bonds. The third-order valence-corrected chi connectivity index (χ3v) is 4.57. The zero-order valence-corrected chi connectivity index (χ0v) is 13.6. The summed E-state index contributed by atoms with van der Waals surface area (Å²) in [5.74, 6) is 0.724. The van der Waals surface area contributed by atoms with Gasteiger partial charge in [-0.05, 0) is 57.6 Å². The number of halogens is 1. The van der Waals surface area contributed by atoms with Gasteiger partial charge in [-0.2, -0.15) is 0 Å². The highest BCUT2D eigenvalue weighted by atomic mass is 35.5. The van der Waals surface area contributed by atoms with E-state index in [-0.39, 0.29) is 12.1 Å². The predicted octanol–water partition coefficient (Wildman–Crippen LogP) is 2.15. The molecule has 0 aliphatic heterocycles. The lowest BCUT2D eigenvalue weighted by atomic mass is 9.75. The lowest BCUT2D eigenvalue weighted by Gasteiger charge is -2.47. The van der Waals surface area contributed by atoms with Crippen molar-refractivity contribution in [3.63, 3.8) is 0 Å². The highest BCUT2D eigenvalue weighted by molar-refractivity contribution is 6.30. The molecule has 0 spiro atoms. The van der Waals surface area contributed by atoms with Crippen LogP contribution in [0.3, 0.4) is 0 Å². The van der Waals surface area contributed by atoms with Crippen LogP contribution in [0, 0.1) is 0 Å². The van der Waals surface area contributed by atoms with E-state index in [1.165, 1.54) is 19.3 Å². The van der Waals surface area contributed by atoms with Crippen LogP contribution in [0.4, 0.5) is 0 Å². The topological polar surface area (TPSA) is 44.7 Å². The van der Waals surface area contributed by atoms with Gasteiger partial charge in [-0.25, -0.2) is 0 Å². The number of ether oxygens (including phenoxy) is 1. The summed E-state index contributed by atoms with van der Waals surface area (Å²) in [6.07, 6.45) is 3.23. The van der Waals surface area contributed by atoms with Crippen LogP contribution in [0.15, 0.2) is 24.3 Å². The fraction of sp³-hybridized carbons (Fsp3) is 0.625. The molecule has 1 aromatic rings. The molecule has 0 radical (unpaired) electrons. The van der Waals surface area contributed by atoms with Gasteiger partial charge < -0.3 is 20.1 Å². The number of nitrogens with one attached hydrogen (secondary N) is 1. The molecule has 21 heavy (non-hydrogen) atoms. The summed E-state index contributed by atoms with van der Waals surface area (Å²) in [6.45, 7) is 1.74. The van der Waals surface area contributed by atoms with Crippen molar-refractivity contribution in [3.05, 3.63) is 29.3 Å². The predicted molar refractivity (Wildman–Crippen MR) is 86.1 cm³/mol. The minimum Gasteiger partial charge on any atom is -0.491 e. The zero-order valence-electron chi connectivity index (χ0n) is 12.8. The molecule has 1 aromatic carbocycles. The Balaban J connectivity index is 1.65. The highest BCUT2D eigenvalue weighted by Crippen LogP contribution is 2.35. The molecule has 2 rings (SSSR count). The lowest BCUT2D eigenvalue weighted by molar-refractivity contribution is 0.0512. The molecule has 5 heteroatoms. The van der Waals surface area contributed by atoms with Gasteiger partial charge in [0.25, 0.3) is 0 Å². The summed E-state index contributed by atoms with van der Waals surface area (Å²) in [5.41, 5.74) is 0.275. The first-order valence-corrected chi connectivity index (χ1v) is 7.84. The molecule has 1 aliphatic rings. The maximum absolute atomic E-state index is 9.96. The summed E-state index contributed by atoms with van der Waals surface area (Å²) in [5, 5.41) is 14.0. The van der Waals surface area contributed by atoms with Gasteiger partial charge >= 0.3 is 0 Å². The Hall–Kier alpha value is -0.810. The fourth-order valence-corrected chi connectivity index (χ4v) is 2.75. The first kappa shape index (κ1) is 16.6. The van der Waals surface area contributed by atoms with Gasteiger partial charge in [0.05, 0.1) is 0 Å². The largest absolute Gasteiger partial charge is 0.491 e. The first-order valence-electron chi connectivity index (χ1n) is 7.46. The molecule has 118 valence electrons. The molecular formula is C16H25ClN2O2. The Morgan fingerprint density at radius 3 is 2.52 bits per heavy atom. The highest BCUT2D eigenvalue weighted by Gasteiger charge is 2.38. The second-order valence-corrected chi connectivity index (χ2v) is 6.46. The van der Waals surface area contributed by atoms with Crippen LogP contribution in [-0.4, -0.2) is 55.4 Å². The Labute approximate surface area is 132 Å². The molecule has 0 saturated heterocycles. The summed E-state index contributed by atoms with van der Waals surface area (Å²) in [4.78, 5) is 2.29. The number of hydrogen-bond donors (Lipinski definition) is 2. The SMILES string of the molecule is CN(C)C1(CNCC(O)COc2ccc(Cl)cc2)CCC1. The van der Waals surface area contributed by atoms with Crippen LogP contribution in [0.25, 0.3) is 0 Å². The van der Waals surface area contributed by atoms with Crippen molar-refractivity contribution < 1.29 is 9.84 Å². The van der Waals surface area contributed by atoms with E-state index < -0.39 is 6.10 Å². The molecule has 1 saturated carbocycles. The number of rotatable bonds is 8. The number of aliphatic hydroxyl groups excluding tert-OH is 1. The van der Waals surface area contributed by atoms with Gasteiger partial charge in [0.2, 0.25) is 0 Å². The molecular weight excluding hydrogens is 288 g/mol. The summed E-state index contributed by atoms with van der Waals surface area (Å²) < 4.78 is 5.53. The Bertz CT molecular complexity index is 432.